The van der Waals surface area contributed by atoms with E-state index in [0.29, 0.717) is 19.8 Å². The summed E-state index contributed by atoms with van der Waals surface area (Å²) >= 11 is 1.60. The second-order valence-electron chi connectivity index (χ2n) is 10.1. The quantitative estimate of drug-likeness (QED) is 0.182. The molecular weight excluding hydrogens is 530 g/mol. The summed E-state index contributed by atoms with van der Waals surface area (Å²) < 4.78 is 25.9. The normalized spacial score (nSPS) is 22.2. The van der Waals surface area contributed by atoms with E-state index in [9.17, 15) is 5.26 Å². The van der Waals surface area contributed by atoms with E-state index in [1.807, 2.05) is 91.0 Å². The van der Waals surface area contributed by atoms with Gasteiger partial charge in [-0.05, 0) is 35.7 Å². The van der Waals surface area contributed by atoms with Crippen molar-refractivity contribution in [3.8, 4) is 6.07 Å². The Balaban J connectivity index is 1.42. The Labute approximate surface area is 247 Å². The first-order valence-electron chi connectivity index (χ1n) is 13.9. The van der Waals surface area contributed by atoms with Crippen LogP contribution < -0.4 is 0 Å². The van der Waals surface area contributed by atoms with Crippen LogP contribution in [0.15, 0.2) is 120 Å². The van der Waals surface area contributed by atoms with Crippen LogP contribution in [0.4, 0.5) is 0 Å². The van der Waals surface area contributed by atoms with Crippen LogP contribution >= 0.6 is 11.8 Å². The molecule has 5 rings (SSSR count). The Kier molecular flexibility index (Phi) is 10.6. The van der Waals surface area contributed by atoms with Gasteiger partial charge in [-0.1, -0.05) is 109 Å². The minimum Gasteiger partial charge on any atom is -0.374 e. The lowest BCUT2D eigenvalue weighted by molar-refractivity contribution is -0.207. The molecule has 4 aromatic carbocycles. The predicted octanol–water partition coefficient (Wildman–Crippen LogP) is 7.13. The molecule has 1 fully saturated rings. The molecule has 0 bridgehead atoms. The third-order valence-corrected chi connectivity index (χ3v) is 8.35. The van der Waals surface area contributed by atoms with Gasteiger partial charge in [0.1, 0.15) is 18.3 Å². The Morgan fingerprint density at radius 2 is 1.20 bits per heavy atom. The molecule has 1 aliphatic heterocycles. The molecule has 0 N–H and O–H groups in total. The van der Waals surface area contributed by atoms with Crippen LogP contribution in [0.3, 0.4) is 0 Å². The van der Waals surface area contributed by atoms with E-state index in [2.05, 4.69) is 37.3 Å². The van der Waals surface area contributed by atoms with Crippen LogP contribution in [0.2, 0.25) is 0 Å². The highest BCUT2D eigenvalue weighted by molar-refractivity contribution is 8.00. The molecule has 210 valence electrons. The van der Waals surface area contributed by atoms with Crippen molar-refractivity contribution in [2.75, 3.05) is 6.61 Å². The number of aryl methyl sites for hydroxylation is 1. The van der Waals surface area contributed by atoms with Gasteiger partial charge in [-0.3, -0.25) is 0 Å². The maximum atomic E-state index is 10.3. The minimum atomic E-state index is -0.705. The second-order valence-corrected chi connectivity index (χ2v) is 11.4. The van der Waals surface area contributed by atoms with Gasteiger partial charge in [-0.2, -0.15) is 5.26 Å². The van der Waals surface area contributed by atoms with Gasteiger partial charge in [0.2, 0.25) is 0 Å². The van der Waals surface area contributed by atoms with E-state index in [1.165, 1.54) is 5.56 Å². The first-order chi connectivity index (χ1) is 20.2. The first kappa shape index (κ1) is 29.1. The van der Waals surface area contributed by atoms with Gasteiger partial charge in [-0.15, -0.1) is 11.8 Å². The van der Waals surface area contributed by atoms with Crippen molar-refractivity contribution in [1.82, 2.24) is 0 Å². The lowest BCUT2D eigenvalue weighted by atomic mass is 9.97. The average Bonchev–Trinajstić information content (AvgIpc) is 3.02. The Hall–Kier alpha value is -3.44. The smallest absolute Gasteiger partial charge is 0.159 e. The van der Waals surface area contributed by atoms with Gasteiger partial charge >= 0.3 is 0 Å². The highest BCUT2D eigenvalue weighted by atomic mass is 32.2. The summed E-state index contributed by atoms with van der Waals surface area (Å²) in [6.45, 7) is 3.58. The summed E-state index contributed by atoms with van der Waals surface area (Å²) in [5, 5.41) is 9.97. The summed E-state index contributed by atoms with van der Waals surface area (Å²) in [4.78, 5) is 1.05. The van der Waals surface area contributed by atoms with Crippen molar-refractivity contribution in [3.05, 3.63) is 138 Å². The Morgan fingerprint density at radius 1 is 0.683 bits per heavy atom. The summed E-state index contributed by atoms with van der Waals surface area (Å²) in [7, 11) is 0. The van der Waals surface area contributed by atoms with Crippen LogP contribution in [0, 0.1) is 18.3 Å². The molecule has 1 saturated heterocycles. The number of ether oxygens (including phenoxy) is 4. The maximum absolute atomic E-state index is 10.3. The molecule has 0 unspecified atom stereocenters. The van der Waals surface area contributed by atoms with Gasteiger partial charge in [0.05, 0.1) is 37.7 Å². The molecule has 1 aliphatic rings. The number of nitriles is 1. The summed E-state index contributed by atoms with van der Waals surface area (Å²) in [5.74, 6) is 0. The summed E-state index contributed by atoms with van der Waals surface area (Å²) in [5.41, 5.74) is 4.38. The minimum absolute atomic E-state index is 0.277. The molecule has 41 heavy (non-hydrogen) atoms. The zero-order valence-corrected chi connectivity index (χ0v) is 24.0. The molecule has 0 aliphatic carbocycles. The molecule has 6 heteroatoms. The van der Waals surface area contributed by atoms with Crippen molar-refractivity contribution in [2.24, 2.45) is 0 Å². The third kappa shape index (κ3) is 8.29. The van der Waals surface area contributed by atoms with E-state index in [-0.39, 0.29) is 11.9 Å². The maximum Gasteiger partial charge on any atom is 0.159 e. The van der Waals surface area contributed by atoms with Crippen molar-refractivity contribution in [1.29, 1.82) is 5.26 Å². The predicted molar refractivity (Wildman–Crippen MR) is 161 cm³/mol. The highest BCUT2D eigenvalue weighted by Crippen LogP contribution is 2.38. The molecule has 0 radical (unpaired) electrons. The van der Waals surface area contributed by atoms with Crippen LogP contribution in [-0.4, -0.2) is 36.3 Å². The van der Waals surface area contributed by atoms with Crippen LogP contribution in [0.1, 0.15) is 22.3 Å². The Morgan fingerprint density at radius 3 is 1.73 bits per heavy atom. The standard InChI is InChI=1S/C35H35NO4S/c1-26-17-19-30(20-18-26)41-35-31(21-36)40-32(25-37-22-27-11-5-2-6-12-27)33(38-23-28-13-7-3-8-14-28)34(35)39-24-29-15-9-4-10-16-29/h2-20,31-35H,22-25H2,1H3/t31-,32-,33+,34+,35-/m1/s1. The third-order valence-electron chi connectivity index (χ3n) is 7.02. The topological polar surface area (TPSA) is 60.7 Å². The van der Waals surface area contributed by atoms with Gasteiger partial charge in [0.15, 0.2) is 6.10 Å². The largest absolute Gasteiger partial charge is 0.374 e. The molecule has 0 amide bonds. The van der Waals surface area contributed by atoms with Crippen LogP contribution in [-0.2, 0) is 38.8 Å². The molecular formula is C35H35NO4S. The first-order valence-corrected chi connectivity index (χ1v) is 14.8. The fraction of sp³-hybridized carbons (Fsp3) is 0.286. The lowest BCUT2D eigenvalue weighted by Crippen LogP contribution is -2.59. The van der Waals surface area contributed by atoms with E-state index in [1.54, 1.807) is 11.8 Å². The zero-order chi connectivity index (χ0) is 28.3. The fourth-order valence-electron chi connectivity index (χ4n) is 4.85. The van der Waals surface area contributed by atoms with Crippen LogP contribution in [0.5, 0.6) is 0 Å². The molecule has 5 nitrogen and oxygen atoms in total. The van der Waals surface area contributed by atoms with E-state index >= 15 is 0 Å². The van der Waals surface area contributed by atoms with E-state index < -0.39 is 24.4 Å². The van der Waals surface area contributed by atoms with Crippen molar-refractivity contribution in [3.63, 3.8) is 0 Å². The number of rotatable bonds is 12. The Bertz CT molecular complexity index is 1360. The van der Waals surface area contributed by atoms with Crippen molar-refractivity contribution < 1.29 is 18.9 Å². The molecule has 4 aromatic rings. The number of hydrogen-bond acceptors (Lipinski definition) is 6. The number of nitrogens with zero attached hydrogens (tertiary/aromatic N) is 1. The second kappa shape index (κ2) is 15.0. The van der Waals surface area contributed by atoms with Crippen molar-refractivity contribution >= 4 is 11.8 Å². The lowest BCUT2D eigenvalue weighted by Gasteiger charge is -2.44. The number of thioether (sulfide) groups is 1. The van der Waals surface area contributed by atoms with E-state index in [0.717, 1.165) is 21.6 Å². The van der Waals surface area contributed by atoms with E-state index in [4.69, 9.17) is 18.9 Å². The van der Waals surface area contributed by atoms with Gasteiger partial charge in [-0.25, -0.2) is 0 Å². The molecule has 5 atom stereocenters. The summed E-state index contributed by atoms with van der Waals surface area (Å²) in [6.07, 6.45) is -2.07. The monoisotopic (exact) mass is 565 g/mol. The van der Waals surface area contributed by atoms with Gasteiger partial charge in [0.25, 0.3) is 0 Å². The molecule has 0 aromatic heterocycles. The van der Waals surface area contributed by atoms with Gasteiger partial charge in [0, 0.05) is 4.90 Å². The van der Waals surface area contributed by atoms with Crippen LogP contribution in [0.25, 0.3) is 0 Å². The summed E-state index contributed by atoms with van der Waals surface area (Å²) in [6, 6.07) is 40.9. The number of hydrogen-bond donors (Lipinski definition) is 0. The average molecular weight is 566 g/mol. The molecule has 0 saturated carbocycles. The zero-order valence-electron chi connectivity index (χ0n) is 23.2. The van der Waals surface area contributed by atoms with Gasteiger partial charge < -0.3 is 18.9 Å². The fourth-order valence-corrected chi connectivity index (χ4v) is 6.07. The molecule has 0 spiro atoms. The highest BCUT2D eigenvalue weighted by Gasteiger charge is 2.48. The SMILES string of the molecule is Cc1ccc(S[C@H]2[C@@H](OCc3ccccc3)[C@@H](OCc3ccccc3)[C@@H](COCc3ccccc3)O[C@@H]2C#N)cc1. The molecule has 1 heterocycles. The number of benzene rings is 4. The van der Waals surface area contributed by atoms with Crippen molar-refractivity contribution in [2.45, 2.75) is 61.3 Å².